The van der Waals surface area contributed by atoms with Gasteiger partial charge in [-0.3, -0.25) is 0 Å². The van der Waals surface area contributed by atoms with E-state index in [2.05, 4.69) is 484 Å². The molecule has 22 aromatic rings. The van der Waals surface area contributed by atoms with Crippen molar-refractivity contribution in [3.8, 4) is 208 Å². The van der Waals surface area contributed by atoms with Crippen LogP contribution in [0.15, 0.2) is 479 Å². The molecule has 0 unspecified atom stereocenters. The summed E-state index contributed by atoms with van der Waals surface area (Å²) in [5.41, 5.74) is 33.5. The van der Waals surface area contributed by atoms with Gasteiger partial charge in [-0.05, 0) is 244 Å². The van der Waals surface area contributed by atoms with Crippen molar-refractivity contribution < 1.29 is 0 Å². The smallest absolute Gasteiger partial charge is 0.164 e. The maximum Gasteiger partial charge on any atom is 0.164 e. The summed E-state index contributed by atoms with van der Waals surface area (Å²) in [5, 5.41) is 2.15. The van der Waals surface area contributed by atoms with Gasteiger partial charge in [-0.1, -0.05) is 358 Å². The van der Waals surface area contributed by atoms with Crippen LogP contribution in [0, 0.1) is 0 Å². The third kappa shape index (κ3) is 15.6. The van der Waals surface area contributed by atoms with E-state index in [1.807, 2.05) is 0 Å². The van der Waals surface area contributed by atoms with Crippen molar-refractivity contribution in [2.75, 3.05) is 0 Å². The number of nitrogens with zero attached hydrogens (tertiary/aromatic N) is 7. The molecule has 0 aliphatic rings. The van der Waals surface area contributed by atoms with Gasteiger partial charge < -0.3 is 4.57 Å². The summed E-state index contributed by atoms with van der Waals surface area (Å²) in [6.07, 6.45) is 0. The summed E-state index contributed by atoms with van der Waals surface area (Å²) in [5.74, 6) is 3.24. The molecular weight excluding hydrogens is 1540 g/mol. The molecule has 0 saturated heterocycles. The van der Waals surface area contributed by atoms with Gasteiger partial charge in [0.15, 0.2) is 34.9 Å². The van der Waals surface area contributed by atoms with E-state index in [1.54, 1.807) is 0 Å². The van der Waals surface area contributed by atoms with Crippen molar-refractivity contribution >= 4 is 21.8 Å². The maximum atomic E-state index is 5.66. The van der Waals surface area contributed by atoms with Gasteiger partial charge in [-0.25, -0.2) is 29.9 Å². The van der Waals surface area contributed by atoms with Gasteiger partial charge in [0.05, 0.1) is 11.0 Å². The van der Waals surface area contributed by atoms with Crippen LogP contribution in [0.2, 0.25) is 0 Å². The van der Waals surface area contributed by atoms with E-state index in [1.165, 1.54) is 0 Å². The molecule has 0 amide bonds. The summed E-state index contributed by atoms with van der Waals surface area (Å²) < 4.78 is 2.50. The van der Waals surface area contributed by atoms with E-state index in [9.17, 15) is 0 Å². The number of fused-ring (bicyclic) bond motifs is 3. The van der Waals surface area contributed by atoms with Crippen molar-refractivity contribution in [1.29, 1.82) is 0 Å². The van der Waals surface area contributed by atoms with Gasteiger partial charge in [-0.2, -0.15) is 0 Å². The number of para-hydroxylation sites is 1. The van der Waals surface area contributed by atoms with Crippen LogP contribution in [-0.2, 0) is 0 Å². The molecule has 19 aromatic carbocycles. The van der Waals surface area contributed by atoms with Crippen LogP contribution < -0.4 is 0 Å². The molecular formula is C120H79N7. The van der Waals surface area contributed by atoms with Gasteiger partial charge in [0.25, 0.3) is 0 Å². The largest absolute Gasteiger partial charge is 0.308 e. The van der Waals surface area contributed by atoms with Crippen molar-refractivity contribution in [2.45, 2.75) is 0 Å². The highest BCUT2D eigenvalue weighted by molar-refractivity contribution is 6.20. The van der Waals surface area contributed by atoms with E-state index in [-0.39, 0.29) is 0 Å². The Bertz CT molecular complexity index is 6830. The molecule has 3 aromatic heterocycles. The SMILES string of the molecule is c1ccc(-c2cc(-c3ccccc3)cc(-c3nc(-c4cc(-c5ccccc5)cc(-c5ccccc5)c4)nc(-c4cccc(-c5cc(-c6ccccc6)cc6c7cc(-c8ccccc8)cc(-c8cccc(-c9nc(-c%10cc(-c%11ccccc%11)cc(-c%11ccccc%11)c%10)nc(-c%10cc(-c%11ccccc%11)cc(-c%11ccccc%11)c%10)n9)c8)c7n(-c7ccccc7)c56)c4)n3)c2)cc1. The molecule has 127 heavy (non-hydrogen) atoms. The minimum absolute atomic E-state index is 0.529. The van der Waals surface area contributed by atoms with E-state index in [0.717, 1.165) is 194 Å². The van der Waals surface area contributed by atoms with Crippen LogP contribution >= 0.6 is 0 Å². The molecule has 0 bridgehead atoms. The zero-order valence-electron chi connectivity index (χ0n) is 69.2. The van der Waals surface area contributed by atoms with Crippen molar-refractivity contribution in [1.82, 2.24) is 34.5 Å². The Labute approximate surface area is 738 Å². The second kappa shape index (κ2) is 33.8. The lowest BCUT2D eigenvalue weighted by Gasteiger charge is -2.17. The summed E-state index contributed by atoms with van der Waals surface area (Å²) >= 11 is 0. The second-order valence-electron chi connectivity index (χ2n) is 32.1. The van der Waals surface area contributed by atoms with Crippen molar-refractivity contribution in [3.63, 3.8) is 0 Å². The van der Waals surface area contributed by atoms with Gasteiger partial charge >= 0.3 is 0 Å². The number of hydrogen-bond acceptors (Lipinski definition) is 6. The molecule has 0 saturated carbocycles. The number of hydrogen-bond donors (Lipinski definition) is 0. The third-order valence-electron chi connectivity index (χ3n) is 23.9. The van der Waals surface area contributed by atoms with E-state index >= 15 is 0 Å². The molecule has 7 nitrogen and oxygen atoms in total. The third-order valence-corrected chi connectivity index (χ3v) is 23.9. The van der Waals surface area contributed by atoms with Gasteiger partial charge in [0.1, 0.15) is 0 Å². The molecule has 22 rings (SSSR count). The molecule has 594 valence electrons. The summed E-state index contributed by atoms with van der Waals surface area (Å²) in [6, 6.07) is 171. The van der Waals surface area contributed by atoms with Gasteiger partial charge in [0.2, 0.25) is 0 Å². The highest BCUT2D eigenvalue weighted by Gasteiger charge is 2.27. The first-order chi connectivity index (χ1) is 62.9. The van der Waals surface area contributed by atoms with E-state index in [0.29, 0.717) is 34.9 Å². The molecule has 0 atom stereocenters. The molecule has 0 fully saturated rings. The first kappa shape index (κ1) is 76.2. The average molecular weight is 1620 g/mol. The molecule has 7 heteroatoms. The molecule has 0 radical (unpaired) electrons. The monoisotopic (exact) mass is 1620 g/mol. The Morgan fingerprint density at radius 1 is 0.118 bits per heavy atom. The number of rotatable bonds is 19. The van der Waals surface area contributed by atoms with Crippen LogP contribution in [0.5, 0.6) is 0 Å². The Hall–Kier alpha value is -17.0. The first-order valence-electron chi connectivity index (χ1n) is 43.0. The Morgan fingerprint density at radius 3 is 0.488 bits per heavy atom. The van der Waals surface area contributed by atoms with Crippen LogP contribution in [0.4, 0.5) is 0 Å². The number of benzene rings is 19. The lowest BCUT2D eigenvalue weighted by atomic mass is 9.92. The maximum absolute atomic E-state index is 5.66. The highest BCUT2D eigenvalue weighted by atomic mass is 15.0. The van der Waals surface area contributed by atoms with E-state index in [4.69, 9.17) is 29.9 Å². The van der Waals surface area contributed by atoms with E-state index < -0.39 is 0 Å². The second-order valence-corrected chi connectivity index (χ2v) is 32.1. The summed E-state index contributed by atoms with van der Waals surface area (Å²) in [4.78, 5) is 33.9. The normalized spacial score (nSPS) is 11.3. The molecule has 0 aliphatic heterocycles. The number of aromatic nitrogens is 7. The standard InChI is InChI=1S/C120H79N7/c1-12-36-80(37-13-1)94-64-95(81-38-14-2-15-39-81)69-104(68-94)117-121-115(122-118(125-117)105-70-96(82-40-16-3-17-41-82)65-97(71-105)83-42-18-4-19-43-83)92-58-34-56-90(62-92)109-76-102(88-52-28-9-29-53-88)78-111-112-79-103(89-54-30-10-31-55-89)77-110(114(112)127(113(109)111)108-60-32-11-33-61-108)91-57-35-59-93(63-91)116-123-119(106-72-98(84-44-20-5-21-45-84)66-99(73-106)85-46-22-6-23-47-85)126-120(124-116)107-74-100(86-48-24-7-25-49-86)67-101(75-107)87-50-26-8-27-51-87/h1-79H. The fourth-order valence-corrected chi connectivity index (χ4v) is 17.7. The van der Waals surface area contributed by atoms with Crippen molar-refractivity contribution in [3.05, 3.63) is 479 Å². The van der Waals surface area contributed by atoms with Crippen LogP contribution in [0.3, 0.4) is 0 Å². The van der Waals surface area contributed by atoms with Crippen LogP contribution in [-0.4, -0.2) is 34.5 Å². The summed E-state index contributed by atoms with van der Waals surface area (Å²) in [7, 11) is 0. The topological polar surface area (TPSA) is 82.3 Å². The lowest BCUT2D eigenvalue weighted by Crippen LogP contribution is -2.02. The molecule has 0 aliphatic carbocycles. The van der Waals surface area contributed by atoms with Crippen LogP contribution in [0.25, 0.3) is 229 Å². The zero-order chi connectivity index (χ0) is 84.4. The average Bonchev–Trinajstić information content (AvgIpc) is 1.55. The highest BCUT2D eigenvalue weighted by Crippen LogP contribution is 2.49. The minimum atomic E-state index is 0.529. The quantitative estimate of drug-likeness (QED) is 0.0802. The van der Waals surface area contributed by atoms with Gasteiger partial charge in [0, 0.05) is 61.0 Å². The van der Waals surface area contributed by atoms with Crippen LogP contribution in [0.1, 0.15) is 0 Å². The fourth-order valence-electron chi connectivity index (χ4n) is 17.7. The first-order valence-corrected chi connectivity index (χ1v) is 43.0. The summed E-state index contributed by atoms with van der Waals surface area (Å²) in [6.45, 7) is 0. The predicted octanol–water partition coefficient (Wildman–Crippen LogP) is 31.2. The van der Waals surface area contributed by atoms with Crippen molar-refractivity contribution in [2.24, 2.45) is 0 Å². The molecule has 0 N–H and O–H groups in total. The van der Waals surface area contributed by atoms with Gasteiger partial charge in [-0.15, -0.1) is 0 Å². The molecule has 3 heterocycles. The lowest BCUT2D eigenvalue weighted by molar-refractivity contribution is 1.07. The fraction of sp³-hybridized carbons (Fsp3) is 0. The minimum Gasteiger partial charge on any atom is -0.308 e. The Balaban J connectivity index is 0.774. The Morgan fingerprint density at radius 2 is 0.276 bits per heavy atom. The predicted molar refractivity (Wildman–Crippen MR) is 525 cm³/mol. The Kier molecular flexibility index (Phi) is 20.3. The zero-order valence-corrected chi connectivity index (χ0v) is 69.2. The molecule has 0 spiro atoms.